The number of β-amino-alcohol motifs (C(OH)–C–C–N with tert-alkyl or cyclic N) is 1. The van der Waals surface area contributed by atoms with E-state index in [1.54, 1.807) is 47.9 Å². The highest BCUT2D eigenvalue weighted by Crippen LogP contribution is 2.36. The number of amides is 2. The highest BCUT2D eigenvalue weighted by Gasteiger charge is 2.43. The largest absolute Gasteiger partial charge is 0.490 e. The minimum atomic E-state index is -4.70. The minimum Gasteiger partial charge on any atom is -0.490 e. The van der Waals surface area contributed by atoms with Crippen LogP contribution in [0, 0.1) is 5.92 Å². The summed E-state index contributed by atoms with van der Waals surface area (Å²) in [4.78, 5) is 42.1. The van der Waals surface area contributed by atoms with Crippen LogP contribution in [-0.2, 0) is 33.9 Å². The Morgan fingerprint density at radius 3 is 2.17 bits per heavy atom. The Kier molecular flexibility index (Phi) is 16.8. The van der Waals surface area contributed by atoms with Crippen LogP contribution in [0.3, 0.4) is 0 Å². The van der Waals surface area contributed by atoms with Crippen molar-refractivity contribution < 1.29 is 68.5 Å². The molecule has 1 fully saturated rings. The van der Waals surface area contributed by atoms with Gasteiger partial charge in [-0.25, -0.2) is 4.98 Å². The number of carbonyl (C=O) groups excluding carboxylic acids is 2. The van der Waals surface area contributed by atoms with Crippen molar-refractivity contribution in [1.82, 2.24) is 35.4 Å². The van der Waals surface area contributed by atoms with Crippen molar-refractivity contribution in [3.8, 4) is 17.1 Å². The first-order valence-corrected chi connectivity index (χ1v) is 22.1. The molecule has 5 atom stereocenters. The molecule has 0 spiro atoms. The number of benzene rings is 2. The fourth-order valence-corrected chi connectivity index (χ4v) is 8.24. The summed E-state index contributed by atoms with van der Waals surface area (Å²) in [5.74, 6) is -1.60. The topological polar surface area (TPSA) is 166 Å². The predicted octanol–water partition coefficient (Wildman–Crippen LogP) is 7.74. The van der Waals surface area contributed by atoms with Gasteiger partial charge in [-0.15, -0.1) is 0 Å². The summed E-state index contributed by atoms with van der Waals surface area (Å²) in [6.07, 6.45) is -10.6. The van der Waals surface area contributed by atoms with Gasteiger partial charge in [0.2, 0.25) is 17.7 Å². The Morgan fingerprint density at radius 2 is 1.52 bits per heavy atom. The van der Waals surface area contributed by atoms with E-state index in [4.69, 9.17) is 9.15 Å². The SMILES string of the molecule is CC(C)(c1ncc(-c2cncc(C(F)(F)F)c2)o1)N1CCN(C[C@@H](O)C[C@@H](Cc2ccccc2)C(=O)N[C@H]2c3ccccc3OC[C@H]2O)[C@H](C(=O)NCC(F)(F)F)C1.FC(F)(F)c1cncc(Br)c1. The highest BCUT2D eigenvalue weighted by atomic mass is 79.9. The number of aromatic nitrogens is 3. The summed E-state index contributed by atoms with van der Waals surface area (Å²) in [5.41, 5.74) is -1.40. The van der Waals surface area contributed by atoms with Crippen LogP contribution < -0.4 is 15.4 Å². The summed E-state index contributed by atoms with van der Waals surface area (Å²) in [7, 11) is 0. The molecule has 372 valence electrons. The second-order valence-electron chi connectivity index (χ2n) is 16.9. The number of ether oxygens (including phenoxy) is 1. The molecule has 2 aromatic carbocycles. The van der Waals surface area contributed by atoms with E-state index < -0.39 is 83.8 Å². The van der Waals surface area contributed by atoms with Gasteiger partial charge in [-0.1, -0.05) is 48.5 Å². The molecule has 69 heavy (non-hydrogen) atoms. The van der Waals surface area contributed by atoms with Gasteiger partial charge in [0.1, 0.15) is 31.0 Å². The van der Waals surface area contributed by atoms with Gasteiger partial charge in [0, 0.05) is 72.5 Å². The molecule has 1 saturated heterocycles. The van der Waals surface area contributed by atoms with Crippen LogP contribution in [-0.4, -0.2) is 111 Å². The number of carbonyl (C=O) groups is 2. The maximum atomic E-state index is 14.0. The zero-order chi connectivity index (χ0) is 50.3. The lowest BCUT2D eigenvalue weighted by atomic mass is 9.90. The number of hydrogen-bond acceptors (Lipinski definition) is 11. The molecule has 2 amide bonds. The molecule has 0 aliphatic carbocycles. The second-order valence-corrected chi connectivity index (χ2v) is 17.8. The molecule has 5 heterocycles. The third-order valence-electron chi connectivity index (χ3n) is 11.5. The molecule has 0 bridgehead atoms. The quantitative estimate of drug-likeness (QED) is 0.0853. The summed E-state index contributed by atoms with van der Waals surface area (Å²) in [6.45, 7) is 1.77. The van der Waals surface area contributed by atoms with Gasteiger partial charge in [-0.2, -0.15) is 39.5 Å². The van der Waals surface area contributed by atoms with E-state index in [1.807, 2.05) is 35.6 Å². The van der Waals surface area contributed by atoms with Gasteiger partial charge < -0.3 is 30.0 Å². The molecule has 13 nitrogen and oxygen atoms in total. The number of fused-ring (bicyclic) bond motifs is 1. The molecule has 23 heteroatoms. The Morgan fingerprint density at radius 1 is 0.870 bits per heavy atom. The number of pyridine rings is 2. The zero-order valence-electron chi connectivity index (χ0n) is 36.8. The van der Waals surface area contributed by atoms with E-state index in [2.05, 4.69) is 36.2 Å². The Bertz CT molecular complexity index is 2510. The van der Waals surface area contributed by atoms with Gasteiger partial charge >= 0.3 is 18.5 Å². The molecule has 7 rings (SSSR count). The number of rotatable bonds is 13. The van der Waals surface area contributed by atoms with Crippen LogP contribution in [0.5, 0.6) is 5.75 Å². The van der Waals surface area contributed by atoms with Crippen molar-refractivity contribution in [2.45, 2.75) is 75.0 Å². The first-order chi connectivity index (χ1) is 32.4. The normalized spacial score (nSPS) is 19.0. The smallest absolute Gasteiger partial charge is 0.417 e. The molecule has 0 unspecified atom stereocenters. The Labute approximate surface area is 398 Å². The number of nitrogens with zero attached hydrogens (tertiary/aromatic N) is 5. The van der Waals surface area contributed by atoms with Crippen LogP contribution in [0.2, 0.25) is 0 Å². The molecule has 2 aliphatic heterocycles. The van der Waals surface area contributed by atoms with Crippen LogP contribution in [0.25, 0.3) is 11.3 Å². The molecular weight excluding hydrogens is 997 g/mol. The van der Waals surface area contributed by atoms with Crippen molar-refractivity contribution in [3.63, 3.8) is 0 Å². The van der Waals surface area contributed by atoms with Gasteiger partial charge in [0.25, 0.3) is 0 Å². The minimum absolute atomic E-state index is 0.00698. The number of aliphatic hydroxyl groups excluding tert-OH is 2. The summed E-state index contributed by atoms with van der Waals surface area (Å²) >= 11 is 2.89. The molecule has 0 saturated carbocycles. The van der Waals surface area contributed by atoms with Crippen LogP contribution in [0.15, 0.2) is 107 Å². The molecule has 0 radical (unpaired) electrons. The number of nitrogens with one attached hydrogen (secondary N) is 2. The fraction of sp³-hybridized carbons (Fsp3) is 0.413. The lowest BCUT2D eigenvalue weighted by Gasteiger charge is -2.46. The number of aliphatic hydroxyl groups is 2. The standard InChI is InChI=1S/C40H44F6N6O6.C6H3BrF3N/c1-38(2,37-48-19-33(58-37)26-15-27(18-47-17-26)40(44,45)46)52-13-12-51(30(21-52)36(56)49-23-39(41,42)43)20-28(53)16-25(14-24-8-4-3-5-9-24)35(55)50-34-29-10-6-7-11-32(29)57-22-31(34)54;7-5-1-4(2-11-3-5)6(8,9)10/h3-11,15,17-19,25,28,30-31,34,53-54H,12-14,16,20-23H2,1-2H3,(H,49,56)(H,50,55);1-3H/t25-,28+,30+,31-,34+;/m1./s1. The maximum Gasteiger partial charge on any atom is 0.417 e. The second kappa shape index (κ2) is 22.0. The summed E-state index contributed by atoms with van der Waals surface area (Å²) < 4.78 is 127. The zero-order valence-corrected chi connectivity index (χ0v) is 38.4. The average Bonchev–Trinajstić information content (AvgIpc) is 3.81. The Hall–Kier alpha value is -5.62. The van der Waals surface area contributed by atoms with Crippen molar-refractivity contribution in [2.24, 2.45) is 5.92 Å². The van der Waals surface area contributed by atoms with E-state index >= 15 is 0 Å². The van der Waals surface area contributed by atoms with E-state index in [0.29, 0.717) is 22.0 Å². The maximum absolute atomic E-state index is 14.0. The van der Waals surface area contributed by atoms with Crippen LogP contribution in [0.1, 0.15) is 54.5 Å². The average molecular weight is 1040 g/mol. The number of para-hydroxylation sites is 1. The third-order valence-corrected chi connectivity index (χ3v) is 11.9. The lowest BCUT2D eigenvalue weighted by molar-refractivity contribution is -0.145. The van der Waals surface area contributed by atoms with E-state index in [9.17, 15) is 59.3 Å². The predicted molar refractivity (Wildman–Crippen MR) is 234 cm³/mol. The number of oxazole rings is 1. The summed E-state index contributed by atoms with van der Waals surface area (Å²) in [6, 6.07) is 16.0. The monoisotopic (exact) mass is 1040 g/mol. The van der Waals surface area contributed by atoms with Gasteiger partial charge in [0.15, 0.2) is 5.76 Å². The van der Waals surface area contributed by atoms with E-state index in [0.717, 1.165) is 23.9 Å². The molecule has 3 aromatic heterocycles. The van der Waals surface area contributed by atoms with Crippen LogP contribution >= 0.6 is 15.9 Å². The Balaban J connectivity index is 0.000000626. The first-order valence-electron chi connectivity index (χ1n) is 21.3. The van der Waals surface area contributed by atoms with Crippen LogP contribution in [0.4, 0.5) is 39.5 Å². The number of alkyl halides is 9. The van der Waals surface area contributed by atoms with E-state index in [-0.39, 0.29) is 62.8 Å². The van der Waals surface area contributed by atoms with Gasteiger partial charge in [-0.3, -0.25) is 29.4 Å². The number of hydrogen-bond donors (Lipinski definition) is 4. The van der Waals surface area contributed by atoms with Crippen molar-refractivity contribution >= 4 is 27.7 Å². The van der Waals surface area contributed by atoms with Crippen molar-refractivity contribution in [2.75, 3.05) is 39.3 Å². The highest BCUT2D eigenvalue weighted by molar-refractivity contribution is 9.10. The number of halogens is 10. The molecular formula is C46H47BrF9N7O6. The molecule has 5 aromatic rings. The van der Waals surface area contributed by atoms with Crippen molar-refractivity contribution in [3.05, 3.63) is 130 Å². The van der Waals surface area contributed by atoms with Gasteiger partial charge in [-0.05, 0) is 66.4 Å². The van der Waals surface area contributed by atoms with Gasteiger partial charge in [0.05, 0.1) is 35.0 Å². The van der Waals surface area contributed by atoms with E-state index in [1.165, 1.54) is 18.6 Å². The summed E-state index contributed by atoms with van der Waals surface area (Å²) in [5, 5.41) is 27.2. The first kappa shape index (κ1) is 52.7. The lowest BCUT2D eigenvalue weighted by Crippen LogP contribution is -2.63. The molecule has 2 aliphatic rings. The fourth-order valence-electron chi connectivity index (χ4n) is 7.87. The third kappa shape index (κ3) is 14.2. The number of piperazine rings is 1. The van der Waals surface area contributed by atoms with Crippen molar-refractivity contribution in [1.29, 1.82) is 0 Å². The molecule has 4 N–H and O–H groups in total.